The number of nitrogens with one attached hydrogen (secondary N) is 3. The maximum absolute atomic E-state index is 12.3. The molecule has 0 saturated carbocycles. The number of rotatable bonds is 33. The van der Waals surface area contributed by atoms with E-state index in [1.165, 1.54) is 6.33 Å². The molecule has 0 bridgehead atoms. The van der Waals surface area contributed by atoms with Gasteiger partial charge in [-0.05, 0) is 37.5 Å². The van der Waals surface area contributed by atoms with Crippen molar-refractivity contribution in [3.8, 4) is 23.6 Å². The number of terminal acetylenes is 1. The molecular weight excluding hydrogens is 780 g/mol. The molecular formula is C40H58N10O10. The monoisotopic (exact) mass is 838 g/mol. The van der Waals surface area contributed by atoms with Crippen molar-refractivity contribution < 1.29 is 47.2 Å². The molecule has 0 aliphatic carbocycles. The molecule has 20 nitrogen and oxygen atoms in total. The predicted molar refractivity (Wildman–Crippen MR) is 222 cm³/mol. The molecule has 4 aromatic rings. The first-order chi connectivity index (χ1) is 29.4. The number of aryl methyl sites for hydroxylation is 1. The Labute approximate surface area is 349 Å². The van der Waals surface area contributed by atoms with Crippen LogP contribution in [0.2, 0.25) is 0 Å². The van der Waals surface area contributed by atoms with E-state index in [0.29, 0.717) is 145 Å². The molecule has 4 rings (SSSR count). The van der Waals surface area contributed by atoms with E-state index in [2.05, 4.69) is 36.8 Å². The molecule has 7 N–H and O–H groups in total. The molecule has 3 amide bonds. The lowest BCUT2D eigenvalue weighted by molar-refractivity contribution is -0.123. The fourth-order valence-electron chi connectivity index (χ4n) is 5.65. The van der Waals surface area contributed by atoms with Gasteiger partial charge in [0.25, 0.3) is 6.01 Å². The highest BCUT2D eigenvalue weighted by Gasteiger charge is 2.18. The summed E-state index contributed by atoms with van der Waals surface area (Å²) in [6.45, 7) is 6.36. The zero-order chi connectivity index (χ0) is 42.6. The van der Waals surface area contributed by atoms with Crippen molar-refractivity contribution in [2.24, 2.45) is 0 Å². The number of nitrogens with zero attached hydrogens (tertiary/aromatic N) is 5. The van der Waals surface area contributed by atoms with Gasteiger partial charge in [0.1, 0.15) is 23.4 Å². The number of unbranched alkanes of at least 4 members (excludes halogenated alkanes) is 2. The minimum Gasteiger partial charge on any atom is -0.424 e. The van der Waals surface area contributed by atoms with Crippen LogP contribution in [0.3, 0.4) is 0 Å². The lowest BCUT2D eigenvalue weighted by Crippen LogP contribution is -2.28. The summed E-state index contributed by atoms with van der Waals surface area (Å²) in [5, 5.41) is 13.9. The Morgan fingerprint density at radius 3 is 1.88 bits per heavy atom. The minimum atomic E-state index is -0.125. The molecule has 0 spiro atoms. The number of anilines is 2. The largest absolute Gasteiger partial charge is 0.424 e. The van der Waals surface area contributed by atoms with Crippen LogP contribution in [-0.4, -0.2) is 141 Å². The second-order valence-electron chi connectivity index (χ2n) is 13.3. The predicted octanol–water partition coefficient (Wildman–Crippen LogP) is 1.61. The van der Waals surface area contributed by atoms with Crippen LogP contribution in [0.1, 0.15) is 44.9 Å². The quantitative estimate of drug-likeness (QED) is 0.0337. The van der Waals surface area contributed by atoms with Crippen LogP contribution >= 0.6 is 0 Å². The highest BCUT2D eigenvalue weighted by Crippen LogP contribution is 2.32. The molecule has 1 aromatic carbocycles. The zero-order valence-electron chi connectivity index (χ0n) is 34.1. The molecule has 0 unspecified atom stereocenters. The zero-order valence-corrected chi connectivity index (χ0v) is 34.1. The summed E-state index contributed by atoms with van der Waals surface area (Å²) in [7, 11) is 0. The Kier molecular flexibility index (Phi) is 22.1. The van der Waals surface area contributed by atoms with E-state index in [1.807, 2.05) is 12.1 Å². The summed E-state index contributed by atoms with van der Waals surface area (Å²) in [6.07, 6.45) is 10.3. The first kappa shape index (κ1) is 47.3. The van der Waals surface area contributed by atoms with Gasteiger partial charge in [0.15, 0.2) is 11.2 Å². The number of benzene rings is 1. The van der Waals surface area contributed by atoms with Gasteiger partial charge in [-0.15, -0.1) is 12.3 Å². The van der Waals surface area contributed by atoms with Crippen LogP contribution < -0.4 is 27.4 Å². The van der Waals surface area contributed by atoms with Crippen molar-refractivity contribution in [3.05, 3.63) is 24.5 Å². The Bertz CT molecular complexity index is 1930. The van der Waals surface area contributed by atoms with Gasteiger partial charge in [-0.3, -0.25) is 14.4 Å². The van der Waals surface area contributed by atoms with Crippen LogP contribution in [-0.2, 0) is 49.3 Å². The average molecular weight is 839 g/mol. The Hall–Kier alpha value is -5.43. The van der Waals surface area contributed by atoms with Crippen molar-refractivity contribution in [1.29, 1.82) is 0 Å². The number of fused-ring (bicyclic) bond motifs is 2. The number of nitrogen functional groups attached to an aromatic ring is 2. The number of nitrogens with two attached hydrogens (primary N) is 2. The van der Waals surface area contributed by atoms with Gasteiger partial charge >= 0.3 is 0 Å². The fraction of sp³-hybridized carbons (Fsp3) is 0.575. The van der Waals surface area contributed by atoms with Crippen molar-refractivity contribution in [2.45, 2.75) is 51.5 Å². The SMILES string of the molecule is C#CCCCC(=O)NCCOCCOCCOCCC(=O)NCCOCCOCCOCCC(=O)NCCCCn1nc(-c2ccc3oc(N)nc3c2)c2c(N)ncnc21. The number of ether oxygens (including phenoxy) is 6. The number of carbonyl (C=O) groups excluding carboxylic acids is 3. The van der Waals surface area contributed by atoms with Gasteiger partial charge in [-0.2, -0.15) is 10.1 Å². The minimum absolute atomic E-state index is 0.0307. The van der Waals surface area contributed by atoms with E-state index in [1.54, 1.807) is 10.7 Å². The first-order valence-corrected chi connectivity index (χ1v) is 20.2. The first-order valence-electron chi connectivity index (χ1n) is 20.2. The highest BCUT2D eigenvalue weighted by atomic mass is 16.5. The molecule has 0 atom stereocenters. The third-order valence-corrected chi connectivity index (χ3v) is 8.65. The summed E-state index contributed by atoms with van der Waals surface area (Å²) in [4.78, 5) is 48.5. The van der Waals surface area contributed by atoms with Crippen molar-refractivity contribution >= 4 is 51.7 Å². The van der Waals surface area contributed by atoms with Gasteiger partial charge in [0.2, 0.25) is 17.7 Å². The average Bonchev–Trinajstić information content (AvgIpc) is 3.81. The molecule has 0 aliphatic heterocycles. The van der Waals surface area contributed by atoms with Crippen LogP contribution in [0.25, 0.3) is 33.4 Å². The van der Waals surface area contributed by atoms with Gasteiger partial charge in [-0.25, -0.2) is 14.6 Å². The number of hydrogen-bond acceptors (Lipinski definition) is 16. The van der Waals surface area contributed by atoms with Gasteiger partial charge < -0.3 is 60.3 Å². The summed E-state index contributed by atoms with van der Waals surface area (Å²) < 4.78 is 39.9. The Morgan fingerprint density at radius 2 is 1.27 bits per heavy atom. The molecule has 0 aliphatic rings. The second-order valence-corrected chi connectivity index (χ2v) is 13.3. The van der Waals surface area contributed by atoms with Gasteiger partial charge in [0.05, 0.1) is 84.7 Å². The Morgan fingerprint density at radius 1 is 0.700 bits per heavy atom. The van der Waals surface area contributed by atoms with Crippen molar-refractivity contribution in [2.75, 3.05) is 110 Å². The molecule has 20 heteroatoms. The number of carbonyl (C=O) groups is 3. The van der Waals surface area contributed by atoms with E-state index in [0.717, 1.165) is 18.4 Å². The van der Waals surface area contributed by atoms with Crippen molar-refractivity contribution in [3.63, 3.8) is 0 Å². The van der Waals surface area contributed by atoms with Crippen LogP contribution in [0.15, 0.2) is 28.9 Å². The molecule has 328 valence electrons. The lowest BCUT2D eigenvalue weighted by Gasteiger charge is -2.09. The molecule has 3 heterocycles. The standard InChI is InChI=1S/C40H58N10O10/c1-2-3-4-7-33(51)44-13-18-56-22-26-59-25-21-55-17-11-35(53)45-14-19-57-23-27-58-24-20-54-16-10-34(52)43-12-5-6-15-50-39-36(38(41)46-29-47-39)37(49-50)30-8-9-32-31(28-30)48-40(42)60-32/h1,8-9,28-29H,3-7,10-27H2,(H2,42,48)(H,43,52)(H,44,51)(H,45,53)(H2,41,46,47). The smallest absolute Gasteiger partial charge is 0.292 e. The summed E-state index contributed by atoms with van der Waals surface area (Å²) in [5.41, 5.74) is 15.2. The third-order valence-electron chi connectivity index (χ3n) is 8.65. The normalized spacial score (nSPS) is 11.2. The number of oxazole rings is 1. The van der Waals surface area contributed by atoms with Crippen LogP contribution in [0.5, 0.6) is 0 Å². The van der Waals surface area contributed by atoms with Gasteiger partial charge in [0, 0.05) is 57.4 Å². The highest BCUT2D eigenvalue weighted by molar-refractivity contribution is 5.99. The number of amides is 3. The van der Waals surface area contributed by atoms with E-state index in [-0.39, 0.29) is 49.8 Å². The topological polar surface area (TPSA) is 264 Å². The summed E-state index contributed by atoms with van der Waals surface area (Å²) in [6, 6.07) is 5.58. The summed E-state index contributed by atoms with van der Waals surface area (Å²) in [5.74, 6) is 2.59. The molecule has 3 aromatic heterocycles. The van der Waals surface area contributed by atoms with E-state index >= 15 is 0 Å². The fourth-order valence-corrected chi connectivity index (χ4v) is 5.65. The number of aromatic nitrogens is 5. The lowest BCUT2D eigenvalue weighted by atomic mass is 10.1. The molecule has 60 heavy (non-hydrogen) atoms. The van der Waals surface area contributed by atoms with Crippen LogP contribution in [0.4, 0.5) is 11.8 Å². The maximum atomic E-state index is 12.3. The Balaban J connectivity index is 0.893. The third kappa shape index (κ3) is 17.8. The second kappa shape index (κ2) is 28.1. The van der Waals surface area contributed by atoms with Gasteiger partial charge in [-0.1, -0.05) is 0 Å². The van der Waals surface area contributed by atoms with Crippen molar-refractivity contribution in [1.82, 2.24) is 40.7 Å². The molecule has 0 saturated heterocycles. The van der Waals surface area contributed by atoms with E-state index in [4.69, 9.17) is 55.8 Å². The maximum Gasteiger partial charge on any atom is 0.292 e. The molecule has 0 fully saturated rings. The van der Waals surface area contributed by atoms with Crippen LogP contribution in [0, 0.1) is 12.3 Å². The van der Waals surface area contributed by atoms with E-state index < -0.39 is 0 Å². The summed E-state index contributed by atoms with van der Waals surface area (Å²) >= 11 is 0. The number of hydrogen-bond donors (Lipinski definition) is 5. The van der Waals surface area contributed by atoms with E-state index in [9.17, 15) is 14.4 Å². The molecule has 0 radical (unpaired) electrons.